The third kappa shape index (κ3) is 5.18. The molecule has 5 rings (SSSR count). The fourth-order valence-electron chi connectivity index (χ4n) is 5.15. The second-order valence-electron chi connectivity index (χ2n) is 9.89. The van der Waals surface area contributed by atoms with Crippen molar-refractivity contribution in [3.8, 4) is 16.9 Å². The first kappa shape index (κ1) is 24.8. The minimum absolute atomic E-state index is 0.0441. The summed E-state index contributed by atoms with van der Waals surface area (Å²) in [5.74, 6) is 0.786. The Morgan fingerprint density at radius 1 is 1.00 bits per heavy atom. The van der Waals surface area contributed by atoms with Crippen molar-refractivity contribution in [3.63, 3.8) is 0 Å². The number of nitrogens with zero attached hydrogens (tertiary/aromatic N) is 2. The summed E-state index contributed by atoms with van der Waals surface area (Å²) in [4.78, 5) is 17.6. The molecule has 1 aromatic heterocycles. The minimum Gasteiger partial charge on any atom is -0.496 e. The van der Waals surface area contributed by atoms with Crippen molar-refractivity contribution < 1.29 is 13.9 Å². The van der Waals surface area contributed by atoms with E-state index in [1.54, 1.807) is 13.2 Å². The lowest BCUT2D eigenvalue weighted by Gasteiger charge is -2.34. The van der Waals surface area contributed by atoms with Gasteiger partial charge in [0.15, 0.2) is 0 Å². The Labute approximate surface area is 219 Å². The summed E-state index contributed by atoms with van der Waals surface area (Å²) in [6.45, 7) is 10.2. The van der Waals surface area contributed by atoms with Crippen LogP contribution in [-0.2, 0) is 11.3 Å². The molecule has 0 unspecified atom stereocenters. The van der Waals surface area contributed by atoms with Crippen LogP contribution in [0.4, 0.5) is 0 Å². The zero-order valence-corrected chi connectivity index (χ0v) is 22.1. The summed E-state index contributed by atoms with van der Waals surface area (Å²) in [5, 5.41) is 1.02. The van der Waals surface area contributed by atoms with Crippen molar-refractivity contribution in [1.82, 2.24) is 9.80 Å². The number of ether oxygens (including phenoxy) is 1. The van der Waals surface area contributed by atoms with Crippen LogP contribution in [0.2, 0.25) is 0 Å². The normalized spacial score (nSPS) is 14.8. The molecule has 5 heteroatoms. The number of carbonyl (C=O) groups excluding carboxylic acids is 1. The second kappa shape index (κ2) is 10.7. The second-order valence-corrected chi connectivity index (χ2v) is 9.89. The van der Waals surface area contributed by atoms with Crippen LogP contribution in [0.25, 0.3) is 27.7 Å². The third-order valence-corrected chi connectivity index (χ3v) is 7.31. The van der Waals surface area contributed by atoms with Crippen LogP contribution in [0.15, 0.2) is 77.4 Å². The molecule has 2 heterocycles. The zero-order valence-electron chi connectivity index (χ0n) is 22.1. The van der Waals surface area contributed by atoms with Crippen molar-refractivity contribution in [3.05, 3.63) is 95.3 Å². The Balaban J connectivity index is 1.37. The number of methoxy groups -OCH3 is 1. The lowest BCUT2D eigenvalue weighted by molar-refractivity contribution is -0.127. The van der Waals surface area contributed by atoms with E-state index in [2.05, 4.69) is 66.4 Å². The summed E-state index contributed by atoms with van der Waals surface area (Å²) in [6, 6.07) is 21.0. The third-order valence-electron chi connectivity index (χ3n) is 7.31. The first-order chi connectivity index (χ1) is 17.9. The van der Waals surface area contributed by atoms with Crippen LogP contribution in [0.1, 0.15) is 29.2 Å². The highest BCUT2D eigenvalue weighted by Crippen LogP contribution is 2.40. The van der Waals surface area contributed by atoms with E-state index in [4.69, 9.17) is 9.15 Å². The predicted molar refractivity (Wildman–Crippen MR) is 150 cm³/mol. The number of hydrogen-bond acceptors (Lipinski definition) is 4. The number of benzene rings is 3. The number of aryl methyl sites for hydroxylation is 2. The molecule has 0 atom stereocenters. The van der Waals surface area contributed by atoms with E-state index < -0.39 is 0 Å². The molecule has 5 nitrogen and oxygen atoms in total. The van der Waals surface area contributed by atoms with E-state index in [-0.39, 0.29) is 5.91 Å². The first-order valence-electron chi connectivity index (χ1n) is 12.8. The highest BCUT2D eigenvalue weighted by molar-refractivity contribution is 6.01. The Hall–Kier alpha value is -3.83. The first-order valence-corrected chi connectivity index (χ1v) is 12.8. The van der Waals surface area contributed by atoms with Gasteiger partial charge in [0.05, 0.1) is 13.4 Å². The van der Waals surface area contributed by atoms with E-state index in [0.717, 1.165) is 77.3 Å². The molecule has 190 valence electrons. The monoisotopic (exact) mass is 494 g/mol. The van der Waals surface area contributed by atoms with Crippen molar-refractivity contribution in [2.45, 2.75) is 27.3 Å². The fourth-order valence-corrected chi connectivity index (χ4v) is 5.15. The molecule has 1 amide bonds. The average Bonchev–Trinajstić information content (AvgIpc) is 3.34. The van der Waals surface area contributed by atoms with Crippen molar-refractivity contribution in [1.29, 1.82) is 0 Å². The summed E-state index contributed by atoms with van der Waals surface area (Å²) >= 11 is 0. The maximum absolute atomic E-state index is 13.2. The van der Waals surface area contributed by atoms with Gasteiger partial charge >= 0.3 is 0 Å². The number of allylic oxidation sites excluding steroid dienone is 1. The molecular weight excluding hydrogens is 460 g/mol. The number of fused-ring (bicyclic) bond motifs is 1. The van der Waals surface area contributed by atoms with Gasteiger partial charge in [0.1, 0.15) is 11.3 Å². The van der Waals surface area contributed by atoms with Gasteiger partial charge in [-0.2, -0.15) is 0 Å². The summed E-state index contributed by atoms with van der Waals surface area (Å²) < 4.78 is 11.8. The maximum Gasteiger partial charge on any atom is 0.246 e. The molecule has 37 heavy (non-hydrogen) atoms. The number of carbonyl (C=O) groups is 1. The van der Waals surface area contributed by atoms with Gasteiger partial charge in [0.25, 0.3) is 0 Å². The lowest BCUT2D eigenvalue weighted by atomic mass is 9.96. The Bertz CT molecular complexity index is 1430. The fraction of sp³-hybridized carbons (Fsp3) is 0.281. The largest absolute Gasteiger partial charge is 0.496 e. The molecule has 1 fully saturated rings. The topological polar surface area (TPSA) is 45.9 Å². The molecule has 0 radical (unpaired) electrons. The van der Waals surface area contributed by atoms with Gasteiger partial charge in [-0.15, -0.1) is 0 Å². The van der Waals surface area contributed by atoms with Crippen LogP contribution in [0.5, 0.6) is 5.75 Å². The van der Waals surface area contributed by atoms with Crippen LogP contribution in [0, 0.1) is 13.8 Å². The van der Waals surface area contributed by atoms with E-state index in [9.17, 15) is 4.79 Å². The van der Waals surface area contributed by atoms with E-state index in [1.165, 1.54) is 11.1 Å². The van der Waals surface area contributed by atoms with Crippen LogP contribution in [0.3, 0.4) is 0 Å². The van der Waals surface area contributed by atoms with Crippen LogP contribution < -0.4 is 4.74 Å². The molecule has 0 saturated carbocycles. The van der Waals surface area contributed by atoms with E-state index in [1.807, 2.05) is 31.1 Å². The van der Waals surface area contributed by atoms with Gasteiger partial charge in [-0.25, -0.2) is 0 Å². The van der Waals surface area contributed by atoms with Gasteiger partial charge in [0.2, 0.25) is 5.91 Å². The molecule has 0 spiro atoms. The lowest BCUT2D eigenvalue weighted by Crippen LogP contribution is -2.47. The standard InChI is InChI=1S/C32H34N2O3/c1-22-10-12-26(13-11-22)29-21-37-32-24(3)31(36-4)27(19-28(29)32)23(2)18-30(35)34-16-14-33(15-17-34)20-25-8-6-5-7-9-25/h5-13,18-19,21H,14-17,20H2,1-4H3/b23-18+. The molecule has 1 aliphatic rings. The summed E-state index contributed by atoms with van der Waals surface area (Å²) in [5.41, 5.74) is 8.20. The SMILES string of the molecule is COc1c(/C(C)=C/C(=O)N2CCN(Cc3ccccc3)CC2)cc2c(-c3ccc(C)cc3)coc2c1C. The smallest absolute Gasteiger partial charge is 0.246 e. The number of hydrogen-bond donors (Lipinski definition) is 0. The summed E-state index contributed by atoms with van der Waals surface area (Å²) in [6.07, 6.45) is 3.56. The molecule has 1 saturated heterocycles. The molecule has 3 aromatic carbocycles. The van der Waals surface area contributed by atoms with Gasteiger partial charge in [0, 0.05) is 60.9 Å². The highest BCUT2D eigenvalue weighted by atomic mass is 16.5. The summed E-state index contributed by atoms with van der Waals surface area (Å²) in [7, 11) is 1.67. The van der Waals surface area contributed by atoms with Gasteiger partial charge in [-0.3, -0.25) is 9.69 Å². The van der Waals surface area contributed by atoms with Crippen LogP contribution >= 0.6 is 0 Å². The van der Waals surface area contributed by atoms with Crippen LogP contribution in [-0.4, -0.2) is 49.0 Å². The van der Waals surface area contributed by atoms with Crippen molar-refractivity contribution in [2.24, 2.45) is 0 Å². The van der Waals surface area contributed by atoms with E-state index in [0.29, 0.717) is 0 Å². The van der Waals surface area contributed by atoms with Gasteiger partial charge in [-0.05, 0) is 43.5 Å². The number of furan rings is 1. The molecule has 0 bridgehead atoms. The predicted octanol–water partition coefficient (Wildman–Crippen LogP) is 6.47. The minimum atomic E-state index is 0.0441. The molecule has 0 N–H and O–H groups in total. The zero-order chi connectivity index (χ0) is 25.9. The molecule has 4 aromatic rings. The van der Waals surface area contributed by atoms with Gasteiger partial charge in [-0.1, -0.05) is 60.2 Å². The quantitative estimate of drug-likeness (QED) is 0.288. The molecule has 0 aliphatic carbocycles. The number of piperazine rings is 1. The molecular formula is C32H34N2O3. The van der Waals surface area contributed by atoms with E-state index >= 15 is 0 Å². The Morgan fingerprint density at radius 2 is 1.70 bits per heavy atom. The highest BCUT2D eigenvalue weighted by Gasteiger charge is 2.22. The van der Waals surface area contributed by atoms with Crippen molar-refractivity contribution in [2.75, 3.05) is 33.3 Å². The Kier molecular flexibility index (Phi) is 7.15. The average molecular weight is 495 g/mol. The number of amides is 1. The maximum atomic E-state index is 13.2. The Morgan fingerprint density at radius 3 is 2.38 bits per heavy atom. The molecule has 1 aliphatic heterocycles. The number of rotatable bonds is 6. The van der Waals surface area contributed by atoms with Gasteiger partial charge < -0.3 is 14.1 Å². The van der Waals surface area contributed by atoms with Crippen molar-refractivity contribution >= 4 is 22.4 Å².